The van der Waals surface area contributed by atoms with Crippen molar-refractivity contribution in [3.8, 4) is 5.75 Å². The van der Waals surface area contributed by atoms with Gasteiger partial charge in [0.05, 0.1) is 5.69 Å². The van der Waals surface area contributed by atoms with Crippen LogP contribution in [0.5, 0.6) is 5.75 Å². The fourth-order valence-corrected chi connectivity index (χ4v) is 4.18. The molecule has 1 saturated heterocycles. The van der Waals surface area contributed by atoms with Crippen molar-refractivity contribution in [3.63, 3.8) is 0 Å². The summed E-state index contributed by atoms with van der Waals surface area (Å²) < 4.78 is 18.6. The standard InChI is InChI=1S/C19H24FN3O2S/c1-13-18(19(24)23-9-3-4-14(11-23)10-21-2)26-17(22-13)12-25-16-7-5-15(20)6-8-16/h5-8,14,21H,3-4,9-12H2,1-2H3. The number of piperidine rings is 1. The highest BCUT2D eigenvalue weighted by atomic mass is 32.1. The van der Waals surface area contributed by atoms with Crippen LogP contribution in [0.25, 0.3) is 0 Å². The van der Waals surface area contributed by atoms with Crippen molar-refractivity contribution in [3.05, 3.63) is 45.7 Å². The summed E-state index contributed by atoms with van der Waals surface area (Å²) in [4.78, 5) is 20.0. The second-order valence-corrected chi connectivity index (χ2v) is 7.67. The van der Waals surface area contributed by atoms with E-state index in [9.17, 15) is 9.18 Å². The Balaban J connectivity index is 1.63. The maximum absolute atomic E-state index is 12.9. The van der Waals surface area contributed by atoms with Crippen molar-refractivity contribution >= 4 is 17.2 Å². The van der Waals surface area contributed by atoms with Crippen molar-refractivity contribution in [1.29, 1.82) is 0 Å². The Kier molecular flexibility index (Phi) is 6.21. The number of likely N-dealkylation sites (tertiary alicyclic amines) is 1. The van der Waals surface area contributed by atoms with E-state index in [1.807, 2.05) is 18.9 Å². The van der Waals surface area contributed by atoms with Crippen LogP contribution in [0, 0.1) is 18.7 Å². The maximum Gasteiger partial charge on any atom is 0.265 e. The lowest BCUT2D eigenvalue weighted by Crippen LogP contribution is -2.42. The van der Waals surface area contributed by atoms with Gasteiger partial charge in [0.2, 0.25) is 0 Å². The SMILES string of the molecule is CNCC1CCCN(C(=O)c2sc(COc3ccc(F)cc3)nc2C)C1. The summed E-state index contributed by atoms with van der Waals surface area (Å²) in [7, 11) is 1.95. The van der Waals surface area contributed by atoms with Crippen LogP contribution in [0.15, 0.2) is 24.3 Å². The minimum Gasteiger partial charge on any atom is -0.486 e. The molecule has 0 saturated carbocycles. The first-order chi connectivity index (χ1) is 12.6. The van der Waals surface area contributed by atoms with Gasteiger partial charge in [-0.15, -0.1) is 11.3 Å². The summed E-state index contributed by atoms with van der Waals surface area (Å²) in [5, 5.41) is 3.95. The summed E-state index contributed by atoms with van der Waals surface area (Å²) >= 11 is 1.38. The van der Waals surface area contributed by atoms with Gasteiger partial charge >= 0.3 is 0 Å². The molecule has 1 unspecified atom stereocenters. The van der Waals surface area contributed by atoms with E-state index < -0.39 is 0 Å². The number of hydrogen-bond acceptors (Lipinski definition) is 5. The molecule has 2 heterocycles. The highest BCUT2D eigenvalue weighted by Crippen LogP contribution is 2.25. The predicted octanol–water partition coefficient (Wildman–Crippen LogP) is 3.24. The highest BCUT2D eigenvalue weighted by molar-refractivity contribution is 7.13. The van der Waals surface area contributed by atoms with E-state index in [-0.39, 0.29) is 18.3 Å². The monoisotopic (exact) mass is 377 g/mol. The average Bonchev–Trinajstić information content (AvgIpc) is 3.02. The van der Waals surface area contributed by atoms with Gasteiger partial charge in [-0.3, -0.25) is 4.79 Å². The van der Waals surface area contributed by atoms with Gasteiger partial charge in [0, 0.05) is 13.1 Å². The van der Waals surface area contributed by atoms with Gasteiger partial charge in [0.1, 0.15) is 28.1 Å². The summed E-state index contributed by atoms with van der Waals surface area (Å²) in [5.74, 6) is 0.854. The van der Waals surface area contributed by atoms with Gasteiger partial charge in [0.25, 0.3) is 5.91 Å². The number of rotatable bonds is 6. The van der Waals surface area contributed by atoms with Gasteiger partial charge in [-0.1, -0.05) is 0 Å². The first-order valence-corrected chi connectivity index (χ1v) is 9.67. The van der Waals surface area contributed by atoms with Crippen LogP contribution >= 0.6 is 11.3 Å². The smallest absolute Gasteiger partial charge is 0.265 e. The number of ether oxygens (including phenoxy) is 1. The second-order valence-electron chi connectivity index (χ2n) is 6.58. The van der Waals surface area contributed by atoms with Crippen LogP contribution in [-0.4, -0.2) is 42.5 Å². The first-order valence-electron chi connectivity index (χ1n) is 8.85. The van der Waals surface area contributed by atoms with Gasteiger partial charge in [-0.2, -0.15) is 0 Å². The van der Waals surface area contributed by atoms with E-state index in [0.29, 0.717) is 16.5 Å². The molecule has 7 heteroatoms. The molecule has 1 aliphatic heterocycles. The fraction of sp³-hybridized carbons (Fsp3) is 0.474. The minimum absolute atomic E-state index is 0.0637. The van der Waals surface area contributed by atoms with Gasteiger partial charge in [-0.25, -0.2) is 9.37 Å². The molecular weight excluding hydrogens is 353 g/mol. The largest absolute Gasteiger partial charge is 0.486 e. The Morgan fingerprint density at radius 3 is 2.92 bits per heavy atom. The molecule has 0 aliphatic carbocycles. The lowest BCUT2D eigenvalue weighted by Gasteiger charge is -2.32. The van der Waals surface area contributed by atoms with Crippen LogP contribution < -0.4 is 10.1 Å². The molecule has 1 aromatic carbocycles. The maximum atomic E-state index is 12.9. The van der Waals surface area contributed by atoms with Crippen LogP contribution in [0.1, 0.15) is 33.2 Å². The molecule has 1 aromatic heterocycles. The molecule has 2 aromatic rings. The van der Waals surface area contributed by atoms with E-state index in [0.717, 1.165) is 43.2 Å². The van der Waals surface area contributed by atoms with E-state index in [1.54, 1.807) is 12.1 Å². The number of benzene rings is 1. The molecule has 26 heavy (non-hydrogen) atoms. The minimum atomic E-state index is -0.298. The molecular formula is C19H24FN3O2S. The number of aromatic nitrogens is 1. The third-order valence-corrected chi connectivity index (χ3v) is 5.63. The predicted molar refractivity (Wildman–Crippen MR) is 100 cm³/mol. The molecule has 1 N–H and O–H groups in total. The number of carbonyl (C=O) groups is 1. The van der Waals surface area contributed by atoms with E-state index in [2.05, 4.69) is 10.3 Å². The van der Waals surface area contributed by atoms with E-state index >= 15 is 0 Å². The Morgan fingerprint density at radius 2 is 2.19 bits per heavy atom. The summed E-state index contributed by atoms with van der Waals surface area (Å²) in [6.45, 7) is 4.66. The van der Waals surface area contributed by atoms with Crippen molar-refractivity contribution < 1.29 is 13.9 Å². The van der Waals surface area contributed by atoms with Crippen molar-refractivity contribution in [1.82, 2.24) is 15.2 Å². The van der Waals surface area contributed by atoms with Crippen LogP contribution in [0.4, 0.5) is 4.39 Å². The lowest BCUT2D eigenvalue weighted by atomic mass is 9.98. The van der Waals surface area contributed by atoms with E-state index in [1.165, 1.54) is 23.5 Å². The average molecular weight is 377 g/mol. The Labute approximate surface area is 157 Å². The zero-order valence-electron chi connectivity index (χ0n) is 15.1. The Morgan fingerprint density at radius 1 is 1.42 bits per heavy atom. The molecule has 1 amide bonds. The third kappa shape index (κ3) is 4.59. The zero-order valence-corrected chi connectivity index (χ0v) is 15.9. The van der Waals surface area contributed by atoms with Gasteiger partial charge in [0.15, 0.2) is 0 Å². The number of nitrogens with one attached hydrogen (secondary N) is 1. The summed E-state index contributed by atoms with van der Waals surface area (Å²) in [6, 6.07) is 5.87. The van der Waals surface area contributed by atoms with Crippen molar-refractivity contribution in [2.24, 2.45) is 5.92 Å². The molecule has 1 fully saturated rings. The normalized spacial score (nSPS) is 17.3. The summed E-state index contributed by atoms with van der Waals surface area (Å²) in [5.41, 5.74) is 0.744. The molecule has 0 bridgehead atoms. The number of aryl methyl sites for hydroxylation is 1. The quantitative estimate of drug-likeness (QED) is 0.840. The first kappa shape index (κ1) is 18.8. The highest BCUT2D eigenvalue weighted by Gasteiger charge is 2.26. The molecule has 5 nitrogen and oxygen atoms in total. The number of hydrogen-bond donors (Lipinski definition) is 1. The zero-order chi connectivity index (χ0) is 18.5. The molecule has 3 rings (SSSR count). The number of carbonyl (C=O) groups excluding carboxylic acids is 1. The fourth-order valence-electron chi connectivity index (χ4n) is 3.24. The Bertz CT molecular complexity index is 746. The number of thiazole rings is 1. The van der Waals surface area contributed by atoms with E-state index in [4.69, 9.17) is 4.74 Å². The van der Waals surface area contributed by atoms with Crippen molar-refractivity contribution in [2.75, 3.05) is 26.7 Å². The molecule has 0 radical (unpaired) electrons. The lowest BCUT2D eigenvalue weighted by molar-refractivity contribution is 0.0678. The van der Waals surface area contributed by atoms with Gasteiger partial charge < -0.3 is 15.0 Å². The molecule has 1 aliphatic rings. The van der Waals surface area contributed by atoms with Gasteiger partial charge in [-0.05, 0) is 63.5 Å². The number of amides is 1. The third-order valence-electron chi connectivity index (χ3n) is 4.51. The molecule has 0 spiro atoms. The van der Waals surface area contributed by atoms with Crippen LogP contribution in [-0.2, 0) is 6.61 Å². The second kappa shape index (κ2) is 8.60. The van der Waals surface area contributed by atoms with Crippen molar-refractivity contribution in [2.45, 2.75) is 26.4 Å². The number of nitrogens with zero attached hydrogens (tertiary/aromatic N) is 2. The number of halogens is 1. The molecule has 140 valence electrons. The summed E-state index contributed by atoms with van der Waals surface area (Å²) in [6.07, 6.45) is 2.19. The molecule has 1 atom stereocenters. The Hall–Kier alpha value is -1.99. The van der Waals surface area contributed by atoms with Crippen LogP contribution in [0.2, 0.25) is 0 Å². The topological polar surface area (TPSA) is 54.5 Å². The van der Waals surface area contributed by atoms with Crippen LogP contribution in [0.3, 0.4) is 0 Å².